The standard InChI is InChI=1S/C11H12BrNO3/c12-7-3-8-11(16-5-15-8)9(10(7)14)6-1-2-13-4-6/h3,6,13-14H,1-2,4-5H2. The summed E-state index contributed by atoms with van der Waals surface area (Å²) < 4.78 is 11.5. The number of phenolic OH excluding ortho intramolecular Hbond substituents is 1. The third-order valence-corrected chi connectivity index (χ3v) is 3.70. The SMILES string of the molecule is Oc1c(Br)cc2c(c1C1CCNC1)OCO2. The molecule has 2 heterocycles. The molecule has 1 fully saturated rings. The lowest BCUT2D eigenvalue weighted by Crippen LogP contribution is -2.08. The molecule has 0 amide bonds. The minimum Gasteiger partial charge on any atom is -0.506 e. The second-order valence-electron chi connectivity index (χ2n) is 4.04. The third-order valence-electron chi connectivity index (χ3n) is 3.09. The number of hydrogen-bond acceptors (Lipinski definition) is 4. The zero-order valence-corrected chi connectivity index (χ0v) is 10.2. The van der Waals surface area contributed by atoms with Gasteiger partial charge in [-0.25, -0.2) is 0 Å². The first kappa shape index (κ1) is 10.2. The lowest BCUT2D eigenvalue weighted by Gasteiger charge is -2.15. The van der Waals surface area contributed by atoms with Crippen molar-refractivity contribution in [3.05, 3.63) is 16.1 Å². The van der Waals surface area contributed by atoms with Crippen LogP contribution in [0.4, 0.5) is 0 Å². The van der Waals surface area contributed by atoms with E-state index in [0.717, 1.165) is 25.1 Å². The summed E-state index contributed by atoms with van der Waals surface area (Å²) in [7, 11) is 0. The first-order valence-corrected chi connectivity index (χ1v) is 6.08. The van der Waals surface area contributed by atoms with Crippen LogP contribution in [0.15, 0.2) is 10.5 Å². The average molecular weight is 286 g/mol. The van der Waals surface area contributed by atoms with E-state index in [-0.39, 0.29) is 12.5 Å². The van der Waals surface area contributed by atoms with Crippen LogP contribution in [-0.2, 0) is 0 Å². The highest BCUT2D eigenvalue weighted by Gasteiger charge is 2.30. The van der Waals surface area contributed by atoms with E-state index in [1.165, 1.54) is 0 Å². The average Bonchev–Trinajstić information content (AvgIpc) is 2.89. The monoisotopic (exact) mass is 285 g/mol. The minimum atomic E-state index is 0.234. The van der Waals surface area contributed by atoms with E-state index in [9.17, 15) is 5.11 Å². The Balaban J connectivity index is 2.14. The van der Waals surface area contributed by atoms with Gasteiger partial charge in [0, 0.05) is 24.1 Å². The number of nitrogens with one attached hydrogen (secondary N) is 1. The van der Waals surface area contributed by atoms with Crippen LogP contribution in [0.2, 0.25) is 0 Å². The van der Waals surface area contributed by atoms with E-state index in [1.807, 2.05) is 0 Å². The summed E-state index contributed by atoms with van der Waals surface area (Å²) in [5.41, 5.74) is 0.867. The molecule has 2 aliphatic heterocycles. The smallest absolute Gasteiger partial charge is 0.231 e. The van der Waals surface area contributed by atoms with Crippen LogP contribution in [0, 0.1) is 0 Å². The molecule has 0 spiro atoms. The first-order valence-electron chi connectivity index (χ1n) is 5.29. The van der Waals surface area contributed by atoms with Gasteiger partial charge in [-0.2, -0.15) is 0 Å². The molecule has 1 unspecified atom stereocenters. The molecule has 1 aromatic carbocycles. The number of hydrogen-bond donors (Lipinski definition) is 2. The number of benzene rings is 1. The van der Waals surface area contributed by atoms with E-state index in [1.54, 1.807) is 6.07 Å². The molecule has 1 atom stereocenters. The van der Waals surface area contributed by atoms with Crippen LogP contribution >= 0.6 is 15.9 Å². The molecule has 1 saturated heterocycles. The Morgan fingerprint density at radius 1 is 1.44 bits per heavy atom. The first-order chi connectivity index (χ1) is 7.77. The van der Waals surface area contributed by atoms with Gasteiger partial charge in [-0.15, -0.1) is 0 Å². The molecule has 16 heavy (non-hydrogen) atoms. The second-order valence-corrected chi connectivity index (χ2v) is 4.90. The van der Waals surface area contributed by atoms with Crippen molar-refractivity contribution in [1.29, 1.82) is 0 Å². The zero-order valence-electron chi connectivity index (χ0n) is 8.62. The largest absolute Gasteiger partial charge is 0.506 e. The van der Waals surface area contributed by atoms with Gasteiger partial charge in [0.05, 0.1) is 4.47 Å². The van der Waals surface area contributed by atoms with Gasteiger partial charge in [-0.3, -0.25) is 0 Å². The summed E-state index contributed by atoms with van der Waals surface area (Å²) in [6.45, 7) is 2.09. The molecule has 2 N–H and O–H groups in total. The van der Waals surface area contributed by atoms with Crippen molar-refractivity contribution < 1.29 is 14.6 Å². The molecule has 5 heteroatoms. The number of fused-ring (bicyclic) bond motifs is 1. The molecule has 4 nitrogen and oxygen atoms in total. The fraction of sp³-hybridized carbons (Fsp3) is 0.455. The maximum atomic E-state index is 10.1. The van der Waals surface area contributed by atoms with E-state index in [2.05, 4.69) is 21.2 Å². The number of ether oxygens (including phenoxy) is 2. The van der Waals surface area contributed by atoms with Gasteiger partial charge in [-0.1, -0.05) is 0 Å². The summed E-state index contributed by atoms with van der Waals surface area (Å²) in [5.74, 6) is 1.99. The quantitative estimate of drug-likeness (QED) is 0.828. The normalized spacial score (nSPS) is 22.7. The van der Waals surface area contributed by atoms with Crippen molar-refractivity contribution in [1.82, 2.24) is 5.32 Å². The third kappa shape index (κ3) is 1.46. The Morgan fingerprint density at radius 3 is 3.06 bits per heavy atom. The van der Waals surface area contributed by atoms with Gasteiger partial charge < -0.3 is 19.9 Å². The lowest BCUT2D eigenvalue weighted by molar-refractivity contribution is 0.173. The number of aromatic hydroxyl groups is 1. The fourth-order valence-electron chi connectivity index (χ4n) is 2.31. The highest BCUT2D eigenvalue weighted by molar-refractivity contribution is 9.10. The van der Waals surface area contributed by atoms with Crippen molar-refractivity contribution in [3.63, 3.8) is 0 Å². The summed E-state index contributed by atoms with van der Waals surface area (Å²) in [6.07, 6.45) is 1.01. The molecule has 2 aliphatic rings. The van der Waals surface area contributed by atoms with Crippen LogP contribution in [0.5, 0.6) is 17.2 Å². The van der Waals surface area contributed by atoms with E-state index in [0.29, 0.717) is 21.9 Å². The van der Waals surface area contributed by atoms with Crippen LogP contribution in [0.3, 0.4) is 0 Å². The molecular formula is C11H12BrNO3. The maximum absolute atomic E-state index is 10.1. The van der Waals surface area contributed by atoms with Crippen molar-refractivity contribution in [2.75, 3.05) is 19.9 Å². The van der Waals surface area contributed by atoms with Gasteiger partial charge in [0.1, 0.15) is 5.75 Å². The molecule has 0 bridgehead atoms. The molecule has 0 saturated carbocycles. The summed E-state index contributed by atoms with van der Waals surface area (Å²) in [5, 5.41) is 13.4. The van der Waals surface area contributed by atoms with E-state index >= 15 is 0 Å². The Morgan fingerprint density at radius 2 is 2.31 bits per heavy atom. The highest BCUT2D eigenvalue weighted by atomic mass is 79.9. The van der Waals surface area contributed by atoms with Gasteiger partial charge in [0.2, 0.25) is 6.79 Å². The molecular weight excluding hydrogens is 274 g/mol. The van der Waals surface area contributed by atoms with Gasteiger partial charge in [0.25, 0.3) is 0 Å². The predicted octanol–water partition coefficient (Wildman–Crippen LogP) is 1.96. The predicted molar refractivity (Wildman–Crippen MR) is 62.2 cm³/mol. The zero-order chi connectivity index (χ0) is 11.1. The van der Waals surface area contributed by atoms with E-state index in [4.69, 9.17) is 9.47 Å². The van der Waals surface area contributed by atoms with Crippen molar-refractivity contribution >= 4 is 15.9 Å². The molecule has 1 aromatic rings. The molecule has 0 radical (unpaired) electrons. The van der Waals surface area contributed by atoms with Crippen LogP contribution in [0.1, 0.15) is 17.9 Å². The van der Waals surface area contributed by atoms with Crippen LogP contribution in [-0.4, -0.2) is 25.0 Å². The molecule has 86 valence electrons. The number of halogens is 1. The topological polar surface area (TPSA) is 50.7 Å². The fourth-order valence-corrected chi connectivity index (χ4v) is 2.73. The van der Waals surface area contributed by atoms with E-state index < -0.39 is 0 Å². The van der Waals surface area contributed by atoms with Crippen molar-refractivity contribution in [3.8, 4) is 17.2 Å². The van der Waals surface area contributed by atoms with Crippen molar-refractivity contribution in [2.24, 2.45) is 0 Å². The second kappa shape index (κ2) is 3.82. The van der Waals surface area contributed by atoms with Gasteiger partial charge in [0.15, 0.2) is 11.5 Å². The lowest BCUT2D eigenvalue weighted by atomic mass is 9.96. The Bertz CT molecular complexity index is 430. The molecule has 0 aliphatic carbocycles. The number of rotatable bonds is 1. The highest BCUT2D eigenvalue weighted by Crippen LogP contribution is 2.49. The summed E-state index contributed by atoms with van der Waals surface area (Å²) in [4.78, 5) is 0. The summed E-state index contributed by atoms with van der Waals surface area (Å²) >= 11 is 3.34. The summed E-state index contributed by atoms with van der Waals surface area (Å²) in [6, 6.07) is 1.75. The van der Waals surface area contributed by atoms with Gasteiger partial charge >= 0.3 is 0 Å². The van der Waals surface area contributed by atoms with Gasteiger partial charge in [-0.05, 0) is 28.9 Å². The van der Waals surface area contributed by atoms with Crippen LogP contribution < -0.4 is 14.8 Å². The molecule has 0 aromatic heterocycles. The Kier molecular flexibility index (Phi) is 2.44. The minimum absolute atomic E-state index is 0.234. The van der Waals surface area contributed by atoms with Crippen molar-refractivity contribution in [2.45, 2.75) is 12.3 Å². The number of phenols is 1. The Hall–Kier alpha value is -0.940. The van der Waals surface area contributed by atoms with Crippen LogP contribution in [0.25, 0.3) is 0 Å². The molecule has 3 rings (SSSR count). The Labute approximate surface area is 102 Å². The maximum Gasteiger partial charge on any atom is 0.231 e.